The Kier molecular flexibility index (Phi) is 3.56. The summed E-state index contributed by atoms with van der Waals surface area (Å²) in [5.41, 5.74) is 0. The second-order valence-corrected chi connectivity index (χ2v) is 4.18. The molecule has 1 aliphatic heterocycles. The van der Waals surface area contributed by atoms with Crippen molar-refractivity contribution in [3.63, 3.8) is 0 Å². The summed E-state index contributed by atoms with van der Waals surface area (Å²) in [5.74, 6) is 1.89. The first kappa shape index (κ1) is 11.1. The molecule has 0 radical (unpaired) electrons. The minimum atomic E-state index is 0.513. The van der Waals surface area contributed by atoms with Gasteiger partial charge in [0, 0.05) is 32.7 Å². The summed E-state index contributed by atoms with van der Waals surface area (Å²) < 4.78 is 0. The normalized spacial score (nSPS) is 15.6. The van der Waals surface area contributed by atoms with E-state index in [1.54, 1.807) is 6.33 Å². The highest BCUT2D eigenvalue weighted by molar-refractivity contribution is 5.48. The minimum absolute atomic E-state index is 0.513. The molecular weight excluding hydrogens is 202 g/mol. The van der Waals surface area contributed by atoms with E-state index in [1.807, 2.05) is 6.07 Å². The lowest BCUT2D eigenvalue weighted by Crippen LogP contribution is -2.51. The predicted molar refractivity (Wildman–Crippen MR) is 65.9 cm³/mol. The van der Waals surface area contributed by atoms with Crippen molar-refractivity contribution in [2.45, 2.75) is 19.4 Å². The standard InChI is InChI=1S/C11H19N5/c1-3-4-16(2)11-5-10(13-8-14-11)15-9-6-12-7-9/h5,8-9,12H,3-4,6-7H2,1-2H3,(H,13,14,15). The van der Waals surface area contributed by atoms with Crippen molar-refractivity contribution in [2.75, 3.05) is 36.9 Å². The number of aromatic nitrogens is 2. The average Bonchev–Trinajstić information content (AvgIpc) is 2.24. The molecule has 2 rings (SSSR count). The molecule has 0 aliphatic carbocycles. The number of rotatable bonds is 5. The quantitative estimate of drug-likeness (QED) is 0.767. The van der Waals surface area contributed by atoms with E-state index in [-0.39, 0.29) is 0 Å². The Morgan fingerprint density at radius 1 is 1.50 bits per heavy atom. The highest BCUT2D eigenvalue weighted by Gasteiger charge is 2.16. The zero-order valence-corrected chi connectivity index (χ0v) is 9.90. The van der Waals surface area contributed by atoms with Gasteiger partial charge < -0.3 is 15.5 Å². The highest BCUT2D eigenvalue weighted by atomic mass is 15.2. The molecule has 16 heavy (non-hydrogen) atoms. The van der Waals surface area contributed by atoms with Gasteiger partial charge in [-0.05, 0) is 6.42 Å². The molecule has 88 valence electrons. The summed E-state index contributed by atoms with van der Waals surface area (Å²) in [5, 5.41) is 6.60. The summed E-state index contributed by atoms with van der Waals surface area (Å²) in [6, 6.07) is 2.52. The SMILES string of the molecule is CCCN(C)c1cc(NC2CNC2)ncn1. The third-order valence-electron chi connectivity index (χ3n) is 2.74. The van der Waals surface area contributed by atoms with E-state index in [0.717, 1.165) is 37.7 Å². The first-order valence-electron chi connectivity index (χ1n) is 5.80. The van der Waals surface area contributed by atoms with Gasteiger partial charge in [0.1, 0.15) is 18.0 Å². The largest absolute Gasteiger partial charge is 0.365 e. The van der Waals surface area contributed by atoms with Crippen LogP contribution in [0.25, 0.3) is 0 Å². The lowest BCUT2D eigenvalue weighted by Gasteiger charge is -2.28. The lowest BCUT2D eigenvalue weighted by atomic mass is 10.2. The Bertz CT molecular complexity index is 337. The van der Waals surface area contributed by atoms with Crippen LogP contribution in [0.4, 0.5) is 11.6 Å². The molecule has 2 N–H and O–H groups in total. The van der Waals surface area contributed by atoms with E-state index in [9.17, 15) is 0 Å². The van der Waals surface area contributed by atoms with Crippen LogP contribution in [0.3, 0.4) is 0 Å². The van der Waals surface area contributed by atoms with Crippen molar-refractivity contribution in [3.05, 3.63) is 12.4 Å². The zero-order valence-electron chi connectivity index (χ0n) is 9.90. The maximum Gasteiger partial charge on any atom is 0.133 e. The molecule has 1 aromatic heterocycles. The molecule has 0 aromatic carbocycles. The Morgan fingerprint density at radius 3 is 2.94 bits per heavy atom. The van der Waals surface area contributed by atoms with Gasteiger partial charge in [0.2, 0.25) is 0 Å². The van der Waals surface area contributed by atoms with Crippen LogP contribution in [0.15, 0.2) is 12.4 Å². The van der Waals surface area contributed by atoms with Crippen LogP contribution in [-0.2, 0) is 0 Å². The summed E-state index contributed by atoms with van der Waals surface area (Å²) in [6.07, 6.45) is 2.74. The number of hydrogen-bond donors (Lipinski definition) is 2. The van der Waals surface area contributed by atoms with E-state index in [4.69, 9.17) is 0 Å². The number of hydrogen-bond acceptors (Lipinski definition) is 5. The molecule has 0 saturated carbocycles. The van der Waals surface area contributed by atoms with Crippen molar-refractivity contribution >= 4 is 11.6 Å². The fourth-order valence-corrected chi connectivity index (χ4v) is 1.68. The summed E-state index contributed by atoms with van der Waals surface area (Å²) in [4.78, 5) is 10.6. The second-order valence-electron chi connectivity index (χ2n) is 4.18. The van der Waals surface area contributed by atoms with Crippen molar-refractivity contribution in [2.24, 2.45) is 0 Å². The van der Waals surface area contributed by atoms with Gasteiger partial charge in [0.05, 0.1) is 6.04 Å². The van der Waals surface area contributed by atoms with Crippen LogP contribution in [0.5, 0.6) is 0 Å². The lowest BCUT2D eigenvalue weighted by molar-refractivity contribution is 0.471. The van der Waals surface area contributed by atoms with Gasteiger partial charge in [0.15, 0.2) is 0 Å². The minimum Gasteiger partial charge on any atom is -0.365 e. The van der Waals surface area contributed by atoms with Gasteiger partial charge in [-0.15, -0.1) is 0 Å². The predicted octanol–water partition coefficient (Wildman–Crippen LogP) is 0.706. The molecule has 0 amide bonds. The molecule has 2 heterocycles. The molecule has 1 aromatic rings. The van der Waals surface area contributed by atoms with Gasteiger partial charge in [-0.1, -0.05) is 6.92 Å². The molecule has 0 spiro atoms. The van der Waals surface area contributed by atoms with Crippen molar-refractivity contribution in [3.8, 4) is 0 Å². The van der Waals surface area contributed by atoms with Crippen LogP contribution < -0.4 is 15.5 Å². The zero-order chi connectivity index (χ0) is 11.4. The molecule has 1 saturated heterocycles. The topological polar surface area (TPSA) is 53.1 Å². The molecule has 1 aliphatic rings. The maximum absolute atomic E-state index is 4.27. The van der Waals surface area contributed by atoms with E-state index in [1.165, 1.54) is 0 Å². The van der Waals surface area contributed by atoms with Crippen LogP contribution in [0, 0.1) is 0 Å². The van der Waals surface area contributed by atoms with Gasteiger partial charge in [0.25, 0.3) is 0 Å². The number of nitrogens with one attached hydrogen (secondary N) is 2. The second kappa shape index (κ2) is 5.12. The Balaban J connectivity index is 2.00. The van der Waals surface area contributed by atoms with Crippen LogP contribution in [0.2, 0.25) is 0 Å². The molecule has 5 nitrogen and oxygen atoms in total. The van der Waals surface area contributed by atoms with E-state index < -0.39 is 0 Å². The Morgan fingerprint density at radius 2 is 2.31 bits per heavy atom. The molecule has 0 unspecified atom stereocenters. The van der Waals surface area contributed by atoms with Crippen molar-refractivity contribution < 1.29 is 0 Å². The molecule has 0 atom stereocenters. The third-order valence-corrected chi connectivity index (χ3v) is 2.74. The monoisotopic (exact) mass is 221 g/mol. The van der Waals surface area contributed by atoms with E-state index >= 15 is 0 Å². The molecule has 1 fully saturated rings. The van der Waals surface area contributed by atoms with E-state index in [0.29, 0.717) is 6.04 Å². The maximum atomic E-state index is 4.27. The van der Waals surface area contributed by atoms with E-state index in [2.05, 4.69) is 39.5 Å². The average molecular weight is 221 g/mol. The van der Waals surface area contributed by atoms with Gasteiger partial charge >= 0.3 is 0 Å². The van der Waals surface area contributed by atoms with Crippen molar-refractivity contribution in [1.82, 2.24) is 15.3 Å². The first-order chi connectivity index (χ1) is 7.79. The molecular formula is C11H19N5. The summed E-state index contributed by atoms with van der Waals surface area (Å²) in [7, 11) is 2.06. The molecule has 5 heteroatoms. The number of anilines is 2. The van der Waals surface area contributed by atoms with Gasteiger partial charge in [-0.25, -0.2) is 9.97 Å². The smallest absolute Gasteiger partial charge is 0.133 e. The summed E-state index contributed by atoms with van der Waals surface area (Å²) in [6.45, 7) is 5.21. The number of nitrogens with zero attached hydrogens (tertiary/aromatic N) is 3. The molecule has 0 bridgehead atoms. The highest BCUT2D eigenvalue weighted by Crippen LogP contribution is 2.14. The fraction of sp³-hybridized carbons (Fsp3) is 0.636. The Hall–Kier alpha value is -1.36. The van der Waals surface area contributed by atoms with Crippen LogP contribution in [-0.4, -0.2) is 42.7 Å². The first-order valence-corrected chi connectivity index (χ1v) is 5.80. The van der Waals surface area contributed by atoms with Crippen molar-refractivity contribution in [1.29, 1.82) is 0 Å². The van der Waals surface area contributed by atoms with Crippen LogP contribution >= 0.6 is 0 Å². The van der Waals surface area contributed by atoms with Crippen LogP contribution in [0.1, 0.15) is 13.3 Å². The Labute approximate surface area is 96.3 Å². The summed E-state index contributed by atoms with van der Waals surface area (Å²) >= 11 is 0. The van der Waals surface area contributed by atoms with Gasteiger partial charge in [-0.2, -0.15) is 0 Å². The van der Waals surface area contributed by atoms with Gasteiger partial charge in [-0.3, -0.25) is 0 Å². The fourth-order valence-electron chi connectivity index (χ4n) is 1.68. The third kappa shape index (κ3) is 2.61.